The quantitative estimate of drug-likeness (QED) is 0.461. The molecule has 1 aromatic rings. The molecular formula is C13H22N6O3. The number of carbonyl (C=O) groups is 2. The van der Waals surface area contributed by atoms with Gasteiger partial charge in [-0.15, -0.1) is 0 Å². The van der Waals surface area contributed by atoms with Gasteiger partial charge in [0.25, 0.3) is 5.91 Å². The first-order valence-electron chi connectivity index (χ1n) is 6.65. The maximum atomic E-state index is 12.3. The molecule has 0 aliphatic heterocycles. The Morgan fingerprint density at radius 1 is 1.41 bits per heavy atom. The zero-order valence-electron chi connectivity index (χ0n) is 13.1. The number of amides is 2. The molecule has 0 fully saturated rings. The Morgan fingerprint density at radius 3 is 2.50 bits per heavy atom. The van der Waals surface area contributed by atoms with Crippen LogP contribution in [0.25, 0.3) is 0 Å². The molecule has 1 rings (SSSR count). The molecule has 0 aromatic carbocycles. The molecule has 1 heterocycles. The van der Waals surface area contributed by atoms with Gasteiger partial charge in [-0.25, -0.2) is 0 Å². The molecule has 1 aromatic heterocycles. The second kappa shape index (κ2) is 7.34. The van der Waals surface area contributed by atoms with E-state index in [1.54, 1.807) is 38.9 Å². The van der Waals surface area contributed by atoms with Crippen LogP contribution in [0, 0.1) is 6.92 Å². The van der Waals surface area contributed by atoms with Gasteiger partial charge in [0.05, 0.1) is 6.54 Å². The number of hydrogen-bond donors (Lipinski definition) is 4. The number of aromatic nitrogens is 1. The first-order chi connectivity index (χ1) is 10.2. The van der Waals surface area contributed by atoms with Gasteiger partial charge in [-0.2, -0.15) is 0 Å². The van der Waals surface area contributed by atoms with E-state index in [0.29, 0.717) is 11.5 Å². The average Bonchev–Trinajstić information content (AvgIpc) is 2.86. The molecule has 9 nitrogen and oxygen atoms in total. The highest BCUT2D eigenvalue weighted by molar-refractivity contribution is 5.94. The number of nitrogens with two attached hydrogens (primary N) is 2. The first kappa shape index (κ1) is 17.3. The Balaban J connectivity index is 2.84. The second-order valence-corrected chi connectivity index (χ2v) is 5.03. The second-order valence-electron chi connectivity index (χ2n) is 5.03. The van der Waals surface area contributed by atoms with E-state index in [0.717, 1.165) is 0 Å². The fourth-order valence-corrected chi connectivity index (χ4v) is 1.53. The Hall–Kier alpha value is -2.71. The van der Waals surface area contributed by atoms with Crippen LogP contribution in [0.3, 0.4) is 0 Å². The molecule has 122 valence electrons. The number of nitrogens with one attached hydrogen (secondary N) is 2. The standard InChI is InChI=1S/C13H22N6O3/c1-7-5-9(18-22-7)6-16-13(21)10(11(14)19(3)4)17-8(2)12(15)20/h5,8,17H,6,14H2,1-4H3,(H2,15,20)(H,16,21)/b11-10+/t8-/m0/s1. The Labute approximate surface area is 128 Å². The third-order valence-corrected chi connectivity index (χ3v) is 2.86. The molecule has 0 saturated heterocycles. The largest absolute Gasteiger partial charge is 0.383 e. The Morgan fingerprint density at radius 2 is 2.05 bits per heavy atom. The van der Waals surface area contributed by atoms with E-state index in [1.165, 1.54) is 0 Å². The molecule has 0 radical (unpaired) electrons. The zero-order valence-corrected chi connectivity index (χ0v) is 13.1. The zero-order chi connectivity index (χ0) is 16.9. The fraction of sp³-hybridized carbons (Fsp3) is 0.462. The summed E-state index contributed by atoms with van der Waals surface area (Å²) in [6.07, 6.45) is 0. The number of aryl methyl sites for hydroxylation is 1. The molecule has 2 amide bonds. The van der Waals surface area contributed by atoms with Crippen molar-refractivity contribution in [3.05, 3.63) is 29.0 Å². The molecule has 0 aliphatic rings. The maximum absolute atomic E-state index is 12.3. The van der Waals surface area contributed by atoms with Crippen LogP contribution < -0.4 is 22.1 Å². The summed E-state index contributed by atoms with van der Waals surface area (Å²) in [5.41, 5.74) is 11.7. The SMILES string of the molecule is Cc1cc(CNC(=O)/C(N[C@@H](C)C(N)=O)=C(/N)N(C)C)no1. The van der Waals surface area contributed by atoms with E-state index >= 15 is 0 Å². The topological polar surface area (TPSA) is 140 Å². The number of rotatable bonds is 7. The van der Waals surface area contributed by atoms with Crippen molar-refractivity contribution in [2.24, 2.45) is 11.5 Å². The minimum atomic E-state index is -0.742. The van der Waals surface area contributed by atoms with Gasteiger partial charge in [0.15, 0.2) is 0 Å². The van der Waals surface area contributed by atoms with Gasteiger partial charge in [0, 0.05) is 20.2 Å². The van der Waals surface area contributed by atoms with Gasteiger partial charge in [0.2, 0.25) is 5.91 Å². The summed E-state index contributed by atoms with van der Waals surface area (Å²) < 4.78 is 4.92. The third-order valence-electron chi connectivity index (χ3n) is 2.86. The molecule has 6 N–H and O–H groups in total. The normalized spacial score (nSPS) is 13.1. The van der Waals surface area contributed by atoms with Crippen LogP contribution in [0.1, 0.15) is 18.4 Å². The molecular weight excluding hydrogens is 288 g/mol. The first-order valence-corrected chi connectivity index (χ1v) is 6.65. The van der Waals surface area contributed by atoms with Crippen LogP contribution in [0.15, 0.2) is 22.1 Å². The third kappa shape index (κ3) is 4.69. The van der Waals surface area contributed by atoms with Crippen molar-refractivity contribution in [1.29, 1.82) is 0 Å². The lowest BCUT2D eigenvalue weighted by Crippen LogP contribution is -2.45. The van der Waals surface area contributed by atoms with Gasteiger partial charge in [-0.3, -0.25) is 9.59 Å². The van der Waals surface area contributed by atoms with Crippen LogP contribution >= 0.6 is 0 Å². The lowest BCUT2D eigenvalue weighted by Gasteiger charge is -2.21. The Bertz CT molecular complexity index is 578. The van der Waals surface area contributed by atoms with Crippen LogP contribution in [0.5, 0.6) is 0 Å². The van der Waals surface area contributed by atoms with Gasteiger partial charge in [-0.1, -0.05) is 5.16 Å². The monoisotopic (exact) mass is 310 g/mol. The highest BCUT2D eigenvalue weighted by Gasteiger charge is 2.20. The van der Waals surface area contributed by atoms with Crippen LogP contribution in [-0.4, -0.2) is 42.0 Å². The van der Waals surface area contributed by atoms with E-state index in [-0.39, 0.29) is 18.1 Å². The predicted molar refractivity (Wildman–Crippen MR) is 79.8 cm³/mol. The maximum Gasteiger partial charge on any atom is 0.271 e. The van der Waals surface area contributed by atoms with E-state index in [9.17, 15) is 9.59 Å². The van der Waals surface area contributed by atoms with E-state index in [1.807, 2.05) is 0 Å². The molecule has 22 heavy (non-hydrogen) atoms. The molecule has 0 spiro atoms. The summed E-state index contributed by atoms with van der Waals surface area (Å²) in [6, 6.07) is 0.965. The molecule has 0 unspecified atom stereocenters. The van der Waals surface area contributed by atoms with Gasteiger partial charge in [-0.05, 0) is 13.8 Å². The number of hydrogen-bond acceptors (Lipinski definition) is 7. The lowest BCUT2D eigenvalue weighted by molar-refractivity contribution is -0.120. The average molecular weight is 310 g/mol. The van der Waals surface area contributed by atoms with E-state index in [4.69, 9.17) is 16.0 Å². The van der Waals surface area contributed by atoms with E-state index < -0.39 is 17.9 Å². The molecule has 1 atom stereocenters. The van der Waals surface area contributed by atoms with E-state index in [2.05, 4.69) is 15.8 Å². The molecule has 9 heteroatoms. The summed E-state index contributed by atoms with van der Waals surface area (Å²) in [4.78, 5) is 25.0. The van der Waals surface area contributed by atoms with Gasteiger partial charge in [0.1, 0.15) is 29.0 Å². The summed E-state index contributed by atoms with van der Waals surface area (Å²) in [7, 11) is 3.36. The summed E-state index contributed by atoms with van der Waals surface area (Å²) in [5, 5.41) is 9.15. The fourth-order valence-electron chi connectivity index (χ4n) is 1.53. The number of carbonyl (C=O) groups excluding carboxylic acids is 2. The highest BCUT2D eigenvalue weighted by Crippen LogP contribution is 2.04. The van der Waals surface area contributed by atoms with Gasteiger partial charge < -0.3 is 31.5 Å². The Kier molecular flexibility index (Phi) is 5.79. The number of nitrogens with zero attached hydrogens (tertiary/aromatic N) is 2. The van der Waals surface area contributed by atoms with Crippen LogP contribution in [0.2, 0.25) is 0 Å². The van der Waals surface area contributed by atoms with Crippen molar-refractivity contribution in [2.75, 3.05) is 14.1 Å². The number of primary amides is 1. The molecule has 0 saturated carbocycles. The van der Waals surface area contributed by atoms with Crippen molar-refractivity contribution in [1.82, 2.24) is 20.7 Å². The van der Waals surface area contributed by atoms with Gasteiger partial charge >= 0.3 is 0 Å². The van der Waals surface area contributed by atoms with Crippen molar-refractivity contribution in [3.8, 4) is 0 Å². The molecule has 0 bridgehead atoms. The molecule has 0 aliphatic carbocycles. The minimum Gasteiger partial charge on any atom is -0.383 e. The van der Waals surface area contributed by atoms with Crippen molar-refractivity contribution < 1.29 is 14.1 Å². The van der Waals surface area contributed by atoms with Crippen LogP contribution in [0.4, 0.5) is 0 Å². The van der Waals surface area contributed by atoms with Crippen LogP contribution in [-0.2, 0) is 16.1 Å². The minimum absolute atomic E-state index is 0.0662. The van der Waals surface area contributed by atoms with Crippen molar-refractivity contribution >= 4 is 11.8 Å². The van der Waals surface area contributed by atoms with Crippen molar-refractivity contribution in [3.63, 3.8) is 0 Å². The highest BCUT2D eigenvalue weighted by atomic mass is 16.5. The smallest absolute Gasteiger partial charge is 0.271 e. The van der Waals surface area contributed by atoms with Crippen molar-refractivity contribution in [2.45, 2.75) is 26.4 Å². The summed E-state index contributed by atoms with van der Waals surface area (Å²) >= 11 is 0. The summed E-state index contributed by atoms with van der Waals surface area (Å²) in [6.45, 7) is 3.47. The summed E-state index contributed by atoms with van der Waals surface area (Å²) in [5.74, 6) is -0.237. The predicted octanol–water partition coefficient (Wildman–Crippen LogP) is -1.25. The lowest BCUT2D eigenvalue weighted by atomic mass is 10.2.